The molecule has 0 radical (unpaired) electrons. The first-order valence-corrected chi connectivity index (χ1v) is 8.58. The lowest BCUT2D eigenvalue weighted by Crippen LogP contribution is -2.41. The quantitative estimate of drug-likeness (QED) is 0.847. The second-order valence-corrected chi connectivity index (χ2v) is 7.03. The number of amides is 1. The van der Waals surface area contributed by atoms with Crippen LogP contribution in [-0.2, 0) is 11.2 Å². The molecule has 1 atom stereocenters. The van der Waals surface area contributed by atoms with Gasteiger partial charge < -0.3 is 11.1 Å². The Bertz CT molecular complexity index is 410. The molecule has 4 heteroatoms. The van der Waals surface area contributed by atoms with Gasteiger partial charge in [-0.15, -0.1) is 0 Å². The summed E-state index contributed by atoms with van der Waals surface area (Å²) in [5, 5.41) is 7.36. The Morgan fingerprint density at radius 2 is 2.20 bits per heavy atom. The van der Waals surface area contributed by atoms with Gasteiger partial charge in [0.15, 0.2) is 0 Å². The molecule has 1 amide bonds. The molecule has 3 nitrogen and oxygen atoms in total. The minimum absolute atomic E-state index is 0.0600. The van der Waals surface area contributed by atoms with Gasteiger partial charge in [-0.2, -0.15) is 11.3 Å². The van der Waals surface area contributed by atoms with E-state index in [1.807, 2.05) is 0 Å². The van der Waals surface area contributed by atoms with Gasteiger partial charge in [0.2, 0.25) is 5.91 Å². The summed E-state index contributed by atoms with van der Waals surface area (Å²) in [7, 11) is 0. The summed E-state index contributed by atoms with van der Waals surface area (Å²) in [4.78, 5) is 12.3. The van der Waals surface area contributed by atoms with Gasteiger partial charge in [-0.1, -0.05) is 19.3 Å². The van der Waals surface area contributed by atoms with Gasteiger partial charge in [-0.25, -0.2) is 0 Å². The molecule has 0 aliphatic heterocycles. The van der Waals surface area contributed by atoms with E-state index >= 15 is 0 Å². The first kappa shape index (κ1) is 15.5. The number of hydrogen-bond donors (Lipinski definition) is 2. The third-order valence-corrected chi connectivity index (χ3v) is 5.14. The second-order valence-electron chi connectivity index (χ2n) is 6.25. The minimum atomic E-state index is 0.0600. The molecule has 2 rings (SSSR count). The van der Waals surface area contributed by atoms with Crippen molar-refractivity contribution in [2.45, 2.75) is 57.9 Å². The van der Waals surface area contributed by atoms with Gasteiger partial charge in [-0.05, 0) is 60.5 Å². The minimum Gasteiger partial charge on any atom is -0.353 e. The van der Waals surface area contributed by atoms with Crippen molar-refractivity contribution in [1.29, 1.82) is 0 Å². The van der Waals surface area contributed by atoms with Crippen LogP contribution in [0.3, 0.4) is 0 Å². The molecule has 112 valence electrons. The molecule has 1 aliphatic rings. The predicted octanol–water partition coefficient (Wildman–Crippen LogP) is 3.09. The fourth-order valence-electron chi connectivity index (χ4n) is 3.23. The molecule has 1 aliphatic carbocycles. The van der Waals surface area contributed by atoms with E-state index in [4.69, 9.17) is 5.73 Å². The molecule has 1 aromatic rings. The predicted molar refractivity (Wildman–Crippen MR) is 84.8 cm³/mol. The normalized spacial score (nSPS) is 19.5. The van der Waals surface area contributed by atoms with Crippen molar-refractivity contribution in [3.63, 3.8) is 0 Å². The van der Waals surface area contributed by atoms with Crippen LogP contribution in [0.5, 0.6) is 0 Å². The molecule has 1 aromatic heterocycles. The average Bonchev–Trinajstić information content (AvgIpc) is 2.92. The Balaban J connectivity index is 1.81. The van der Waals surface area contributed by atoms with Crippen molar-refractivity contribution in [2.24, 2.45) is 11.1 Å². The van der Waals surface area contributed by atoms with Crippen LogP contribution in [0.15, 0.2) is 16.8 Å². The van der Waals surface area contributed by atoms with E-state index in [1.54, 1.807) is 11.3 Å². The Hall–Kier alpha value is -0.870. The van der Waals surface area contributed by atoms with Crippen molar-refractivity contribution >= 4 is 17.2 Å². The number of carbonyl (C=O) groups is 1. The van der Waals surface area contributed by atoms with Gasteiger partial charge in [-0.3, -0.25) is 4.79 Å². The van der Waals surface area contributed by atoms with E-state index in [0.717, 1.165) is 19.3 Å². The molecule has 1 unspecified atom stereocenters. The third-order valence-electron chi connectivity index (χ3n) is 4.41. The summed E-state index contributed by atoms with van der Waals surface area (Å²) in [6, 6.07) is 2.31. The number of nitrogens with one attached hydrogen (secondary N) is 1. The largest absolute Gasteiger partial charge is 0.353 e. The highest BCUT2D eigenvalue weighted by atomic mass is 32.1. The Morgan fingerprint density at radius 3 is 2.80 bits per heavy atom. The fraction of sp³-hybridized carbons (Fsp3) is 0.688. The van der Waals surface area contributed by atoms with Crippen LogP contribution < -0.4 is 11.1 Å². The van der Waals surface area contributed by atoms with Crippen LogP contribution >= 0.6 is 11.3 Å². The number of rotatable bonds is 6. The van der Waals surface area contributed by atoms with E-state index in [1.165, 1.54) is 24.8 Å². The molecule has 1 saturated carbocycles. The van der Waals surface area contributed by atoms with Crippen molar-refractivity contribution in [2.75, 3.05) is 6.54 Å². The van der Waals surface area contributed by atoms with Gasteiger partial charge >= 0.3 is 0 Å². The standard InChI is InChI=1S/C16H26N2OS/c1-13(9-14-5-8-20-11-14)18-15(19)10-16(12-17)6-3-2-4-7-16/h5,8,11,13H,2-4,6-7,9-10,12,17H2,1H3,(H,18,19). The maximum Gasteiger partial charge on any atom is 0.220 e. The molecule has 0 saturated heterocycles. The Kier molecular flexibility index (Phi) is 5.61. The molecule has 1 fully saturated rings. The highest BCUT2D eigenvalue weighted by Gasteiger charge is 2.33. The Labute approximate surface area is 125 Å². The van der Waals surface area contributed by atoms with Crippen LogP contribution in [-0.4, -0.2) is 18.5 Å². The zero-order valence-corrected chi connectivity index (χ0v) is 13.2. The lowest BCUT2D eigenvalue weighted by Gasteiger charge is -2.36. The van der Waals surface area contributed by atoms with E-state index in [9.17, 15) is 4.79 Å². The van der Waals surface area contributed by atoms with Crippen LogP contribution in [0.4, 0.5) is 0 Å². The highest BCUT2D eigenvalue weighted by Crippen LogP contribution is 2.38. The molecular formula is C16H26N2OS. The van der Waals surface area contributed by atoms with Crippen molar-refractivity contribution < 1.29 is 4.79 Å². The van der Waals surface area contributed by atoms with Crippen LogP contribution in [0.1, 0.15) is 51.0 Å². The van der Waals surface area contributed by atoms with Crippen molar-refractivity contribution in [1.82, 2.24) is 5.32 Å². The van der Waals surface area contributed by atoms with E-state index < -0.39 is 0 Å². The maximum atomic E-state index is 12.3. The first-order chi connectivity index (χ1) is 9.63. The maximum absolute atomic E-state index is 12.3. The van der Waals surface area contributed by atoms with E-state index in [-0.39, 0.29) is 17.4 Å². The van der Waals surface area contributed by atoms with Crippen LogP contribution in [0.2, 0.25) is 0 Å². The zero-order chi connectivity index (χ0) is 14.4. The molecule has 0 aromatic carbocycles. The number of hydrogen-bond acceptors (Lipinski definition) is 3. The lowest BCUT2D eigenvalue weighted by atomic mass is 9.71. The number of thiophene rings is 1. The molecule has 20 heavy (non-hydrogen) atoms. The number of nitrogens with two attached hydrogens (primary N) is 1. The summed E-state index contributed by atoms with van der Waals surface area (Å²) in [6.45, 7) is 2.71. The SMILES string of the molecule is CC(Cc1ccsc1)NC(=O)CC1(CN)CCCCC1. The Morgan fingerprint density at radius 1 is 1.45 bits per heavy atom. The van der Waals surface area contributed by atoms with Gasteiger partial charge in [0.05, 0.1) is 0 Å². The average molecular weight is 294 g/mol. The van der Waals surface area contributed by atoms with E-state index in [0.29, 0.717) is 13.0 Å². The second kappa shape index (κ2) is 7.23. The third kappa shape index (κ3) is 4.32. The summed E-state index contributed by atoms with van der Waals surface area (Å²) in [5.41, 5.74) is 7.31. The van der Waals surface area contributed by atoms with Crippen LogP contribution in [0, 0.1) is 5.41 Å². The van der Waals surface area contributed by atoms with E-state index in [2.05, 4.69) is 29.1 Å². The summed E-state index contributed by atoms with van der Waals surface area (Å²) in [5.74, 6) is 0.167. The zero-order valence-electron chi connectivity index (χ0n) is 12.4. The first-order valence-electron chi connectivity index (χ1n) is 7.64. The molecule has 0 spiro atoms. The fourth-order valence-corrected chi connectivity index (χ4v) is 3.92. The molecule has 3 N–H and O–H groups in total. The lowest BCUT2D eigenvalue weighted by molar-refractivity contribution is -0.124. The van der Waals surface area contributed by atoms with Crippen molar-refractivity contribution in [3.05, 3.63) is 22.4 Å². The monoisotopic (exact) mass is 294 g/mol. The van der Waals surface area contributed by atoms with Gasteiger partial charge in [0, 0.05) is 12.5 Å². The summed E-state index contributed by atoms with van der Waals surface area (Å²) < 4.78 is 0. The topological polar surface area (TPSA) is 55.1 Å². The van der Waals surface area contributed by atoms with Gasteiger partial charge in [0.1, 0.15) is 0 Å². The van der Waals surface area contributed by atoms with Gasteiger partial charge in [0.25, 0.3) is 0 Å². The van der Waals surface area contributed by atoms with Crippen LogP contribution in [0.25, 0.3) is 0 Å². The molecule has 1 heterocycles. The summed E-state index contributed by atoms with van der Waals surface area (Å²) in [6.07, 6.45) is 7.44. The smallest absolute Gasteiger partial charge is 0.220 e. The number of carbonyl (C=O) groups excluding carboxylic acids is 1. The summed E-state index contributed by atoms with van der Waals surface area (Å²) >= 11 is 1.70. The molecule has 0 bridgehead atoms. The molecular weight excluding hydrogens is 268 g/mol. The highest BCUT2D eigenvalue weighted by molar-refractivity contribution is 7.07. The van der Waals surface area contributed by atoms with Crippen molar-refractivity contribution in [3.8, 4) is 0 Å².